The lowest BCUT2D eigenvalue weighted by atomic mass is 9.79. The molecule has 8 nitrogen and oxygen atoms in total. The number of carbonyl (C=O) groups is 1. The number of rotatable bonds is 4. The van der Waals surface area contributed by atoms with E-state index in [1.807, 2.05) is 30.3 Å². The summed E-state index contributed by atoms with van der Waals surface area (Å²) in [6.07, 6.45) is 3.55. The number of amides is 1. The number of carbonyl (C=O) groups excluding carboxylic acids is 1. The number of primary amides is 1. The minimum atomic E-state index is -0.968. The summed E-state index contributed by atoms with van der Waals surface area (Å²) >= 11 is 0. The van der Waals surface area contributed by atoms with Gasteiger partial charge in [-0.15, -0.1) is 0 Å². The molecule has 2 aliphatic rings. The third-order valence-electron chi connectivity index (χ3n) is 5.67. The molecule has 2 fully saturated rings. The summed E-state index contributed by atoms with van der Waals surface area (Å²) in [6, 6.07) is 9.70. The Morgan fingerprint density at radius 1 is 1.18 bits per heavy atom. The first-order valence-corrected chi connectivity index (χ1v) is 9.54. The van der Waals surface area contributed by atoms with Crippen LogP contribution in [0.5, 0.6) is 0 Å². The fraction of sp³-hybridized carbons (Fsp3) is 0.450. The van der Waals surface area contributed by atoms with Crippen molar-refractivity contribution in [1.29, 1.82) is 0 Å². The minimum Gasteiger partial charge on any atom is -0.383 e. The number of nitrogens with two attached hydrogens (primary N) is 1. The number of aromatic nitrogens is 2. The molecule has 0 spiro atoms. The first-order valence-electron chi connectivity index (χ1n) is 9.54. The molecule has 0 aliphatic carbocycles. The molecule has 2 aliphatic heterocycles. The normalized spacial score (nSPS) is 26.2. The van der Waals surface area contributed by atoms with Gasteiger partial charge in [0.25, 0.3) is 5.91 Å². The molecule has 3 N–H and O–H groups in total. The van der Waals surface area contributed by atoms with E-state index in [2.05, 4.69) is 19.8 Å². The molecule has 2 aromatic rings. The van der Waals surface area contributed by atoms with Crippen LogP contribution in [0.2, 0.25) is 0 Å². The average Bonchev–Trinajstić information content (AvgIpc) is 2.75. The zero-order chi connectivity index (χ0) is 19.6. The topological polar surface area (TPSA) is 105 Å². The quantitative estimate of drug-likeness (QED) is 0.786. The molecule has 28 heavy (non-hydrogen) atoms. The van der Waals surface area contributed by atoms with Gasteiger partial charge >= 0.3 is 0 Å². The van der Waals surface area contributed by atoms with E-state index < -0.39 is 11.5 Å². The number of anilines is 1. The molecule has 0 radical (unpaired) electrons. The summed E-state index contributed by atoms with van der Waals surface area (Å²) in [4.78, 5) is 24.3. The Hall–Kier alpha value is -2.55. The molecular weight excluding hydrogens is 358 g/mol. The maximum Gasteiger partial charge on any atom is 0.268 e. The number of piperidine rings is 1. The van der Waals surface area contributed by atoms with Crippen molar-refractivity contribution in [1.82, 2.24) is 14.9 Å². The van der Waals surface area contributed by atoms with Gasteiger partial charge in [0.15, 0.2) is 0 Å². The molecule has 2 saturated heterocycles. The van der Waals surface area contributed by atoms with E-state index in [9.17, 15) is 9.90 Å². The van der Waals surface area contributed by atoms with E-state index in [0.717, 1.165) is 18.7 Å². The van der Waals surface area contributed by atoms with Crippen LogP contribution in [-0.2, 0) is 10.3 Å². The van der Waals surface area contributed by atoms with E-state index in [0.29, 0.717) is 38.5 Å². The molecule has 4 rings (SSSR count). The largest absolute Gasteiger partial charge is 0.383 e. The standard InChI is InChI=1S/C20H25N5O3/c21-19(26)16-12-22-13-18(23-16)25-7-6-20(27,15-4-2-1-3-5-15)17(14-25)24-8-10-28-11-9-24/h1-5,12-13,17,27H,6-11,14H2,(H2,21,26)/t17-,20+/m1/s1. The van der Waals surface area contributed by atoms with Gasteiger partial charge in [-0.25, -0.2) is 4.98 Å². The Bertz CT molecular complexity index is 828. The van der Waals surface area contributed by atoms with Crippen LogP contribution in [0.1, 0.15) is 22.5 Å². The Kier molecular flexibility index (Phi) is 5.25. The van der Waals surface area contributed by atoms with Crippen molar-refractivity contribution in [2.75, 3.05) is 44.3 Å². The lowest BCUT2D eigenvalue weighted by Gasteiger charge is -2.50. The fourth-order valence-corrected chi connectivity index (χ4v) is 4.13. The Morgan fingerprint density at radius 2 is 1.93 bits per heavy atom. The molecule has 1 aromatic heterocycles. The Morgan fingerprint density at radius 3 is 2.64 bits per heavy atom. The van der Waals surface area contributed by atoms with Gasteiger partial charge in [-0.05, 0) is 12.0 Å². The van der Waals surface area contributed by atoms with Crippen LogP contribution >= 0.6 is 0 Å². The molecule has 0 saturated carbocycles. The number of morpholine rings is 1. The first-order chi connectivity index (χ1) is 13.6. The molecule has 1 amide bonds. The van der Waals surface area contributed by atoms with Gasteiger partial charge < -0.3 is 20.5 Å². The van der Waals surface area contributed by atoms with Crippen LogP contribution < -0.4 is 10.6 Å². The SMILES string of the molecule is NC(=O)c1cncc(N2CC[C@](O)(c3ccccc3)[C@H](N3CCOCC3)C2)n1. The first kappa shape index (κ1) is 18.8. The van der Waals surface area contributed by atoms with Crippen molar-refractivity contribution in [2.24, 2.45) is 5.73 Å². The highest BCUT2D eigenvalue weighted by Gasteiger charge is 2.46. The monoisotopic (exact) mass is 383 g/mol. The van der Waals surface area contributed by atoms with E-state index in [-0.39, 0.29) is 11.7 Å². The number of hydrogen-bond donors (Lipinski definition) is 2. The number of hydrogen-bond acceptors (Lipinski definition) is 7. The van der Waals surface area contributed by atoms with Gasteiger partial charge in [0.2, 0.25) is 0 Å². The smallest absolute Gasteiger partial charge is 0.268 e. The predicted octanol–water partition coefficient (Wildman–Crippen LogP) is 0.374. The van der Waals surface area contributed by atoms with E-state index in [1.54, 1.807) is 6.20 Å². The number of ether oxygens (including phenoxy) is 1. The number of aliphatic hydroxyl groups is 1. The number of benzene rings is 1. The molecule has 0 bridgehead atoms. The maximum absolute atomic E-state index is 11.7. The maximum atomic E-state index is 11.7. The second kappa shape index (κ2) is 7.83. The second-order valence-electron chi connectivity index (χ2n) is 7.28. The van der Waals surface area contributed by atoms with Gasteiger partial charge in [0, 0.05) is 26.2 Å². The van der Waals surface area contributed by atoms with Crippen molar-refractivity contribution in [3.63, 3.8) is 0 Å². The molecular formula is C20H25N5O3. The van der Waals surface area contributed by atoms with Gasteiger partial charge in [0.1, 0.15) is 17.1 Å². The third-order valence-corrected chi connectivity index (χ3v) is 5.67. The third kappa shape index (κ3) is 3.58. The van der Waals surface area contributed by atoms with Crippen LogP contribution in [0.15, 0.2) is 42.7 Å². The predicted molar refractivity (Wildman–Crippen MR) is 104 cm³/mol. The van der Waals surface area contributed by atoms with Crippen LogP contribution in [0, 0.1) is 0 Å². The Balaban J connectivity index is 1.65. The van der Waals surface area contributed by atoms with Crippen molar-refractivity contribution in [2.45, 2.75) is 18.1 Å². The highest BCUT2D eigenvalue weighted by atomic mass is 16.5. The number of nitrogens with zero attached hydrogens (tertiary/aromatic N) is 4. The van der Waals surface area contributed by atoms with Gasteiger partial charge in [-0.3, -0.25) is 14.7 Å². The summed E-state index contributed by atoms with van der Waals surface area (Å²) < 4.78 is 5.51. The van der Waals surface area contributed by atoms with E-state index in [4.69, 9.17) is 10.5 Å². The van der Waals surface area contributed by atoms with Crippen molar-refractivity contribution >= 4 is 11.7 Å². The molecule has 1 aromatic carbocycles. The lowest BCUT2D eigenvalue weighted by molar-refractivity contribution is -0.0911. The van der Waals surface area contributed by atoms with E-state index >= 15 is 0 Å². The average molecular weight is 383 g/mol. The zero-order valence-electron chi connectivity index (χ0n) is 15.7. The lowest BCUT2D eigenvalue weighted by Crippen LogP contribution is -2.62. The van der Waals surface area contributed by atoms with Crippen LogP contribution in [0.3, 0.4) is 0 Å². The van der Waals surface area contributed by atoms with Crippen LogP contribution in [-0.4, -0.2) is 71.3 Å². The summed E-state index contributed by atoms with van der Waals surface area (Å²) in [6.45, 7) is 4.00. The minimum absolute atomic E-state index is 0.133. The summed E-state index contributed by atoms with van der Waals surface area (Å²) in [5.41, 5.74) is 5.45. The Labute approximate surface area is 163 Å². The molecule has 8 heteroatoms. The van der Waals surface area contributed by atoms with Gasteiger partial charge in [-0.1, -0.05) is 30.3 Å². The van der Waals surface area contributed by atoms with Gasteiger partial charge in [-0.2, -0.15) is 0 Å². The summed E-state index contributed by atoms with van der Waals surface area (Å²) in [7, 11) is 0. The van der Waals surface area contributed by atoms with Gasteiger partial charge in [0.05, 0.1) is 31.6 Å². The van der Waals surface area contributed by atoms with Crippen LogP contribution in [0.4, 0.5) is 5.82 Å². The summed E-state index contributed by atoms with van der Waals surface area (Å²) in [5.74, 6) is 0.00144. The van der Waals surface area contributed by atoms with Crippen molar-refractivity contribution < 1.29 is 14.6 Å². The van der Waals surface area contributed by atoms with Crippen molar-refractivity contribution in [3.8, 4) is 0 Å². The molecule has 148 valence electrons. The van der Waals surface area contributed by atoms with E-state index in [1.165, 1.54) is 6.20 Å². The highest BCUT2D eigenvalue weighted by molar-refractivity contribution is 5.90. The highest BCUT2D eigenvalue weighted by Crippen LogP contribution is 2.37. The molecule has 0 unspecified atom stereocenters. The second-order valence-corrected chi connectivity index (χ2v) is 7.28. The zero-order valence-corrected chi connectivity index (χ0v) is 15.7. The molecule has 2 atom stereocenters. The molecule has 3 heterocycles. The van der Waals surface area contributed by atoms with Crippen molar-refractivity contribution in [3.05, 3.63) is 54.0 Å². The van der Waals surface area contributed by atoms with Crippen LogP contribution in [0.25, 0.3) is 0 Å². The summed E-state index contributed by atoms with van der Waals surface area (Å²) in [5, 5.41) is 11.7. The fourth-order valence-electron chi connectivity index (χ4n) is 4.13.